The van der Waals surface area contributed by atoms with Crippen molar-refractivity contribution in [3.8, 4) is 6.07 Å². The van der Waals surface area contributed by atoms with E-state index >= 15 is 0 Å². The fourth-order valence-corrected chi connectivity index (χ4v) is 3.96. The van der Waals surface area contributed by atoms with Crippen molar-refractivity contribution >= 4 is 44.7 Å². The molecule has 0 saturated carbocycles. The Labute approximate surface area is 148 Å². The molecule has 24 heavy (non-hydrogen) atoms. The van der Waals surface area contributed by atoms with E-state index in [1.165, 1.54) is 0 Å². The second-order valence-electron chi connectivity index (χ2n) is 5.58. The van der Waals surface area contributed by atoms with E-state index < -0.39 is 0 Å². The standard InChI is InChI=1S/C17H14ClN5S/c18-13-1-2-15(12(9-13)10-19)22-4-6-23(7-5-22)16-14-3-8-24-17(14)21-11-20-16/h1-3,8-9,11H,4-7H2. The van der Waals surface area contributed by atoms with Gasteiger partial charge in [0.15, 0.2) is 0 Å². The van der Waals surface area contributed by atoms with Crippen LogP contribution in [0, 0.1) is 11.3 Å². The van der Waals surface area contributed by atoms with Crippen molar-refractivity contribution in [3.05, 3.63) is 46.6 Å². The Kier molecular flexibility index (Phi) is 3.97. The van der Waals surface area contributed by atoms with Crippen LogP contribution in [0.25, 0.3) is 10.2 Å². The molecule has 1 fully saturated rings. The molecule has 4 rings (SSSR count). The van der Waals surface area contributed by atoms with Gasteiger partial charge in [-0.05, 0) is 29.6 Å². The van der Waals surface area contributed by atoms with Gasteiger partial charge in [0.05, 0.1) is 16.6 Å². The predicted octanol–water partition coefficient (Wildman–Crippen LogP) is 3.54. The first-order chi connectivity index (χ1) is 11.8. The fraction of sp³-hybridized carbons (Fsp3) is 0.235. The molecule has 0 unspecified atom stereocenters. The van der Waals surface area contributed by atoms with Crippen LogP contribution < -0.4 is 9.80 Å². The smallest absolute Gasteiger partial charge is 0.140 e. The summed E-state index contributed by atoms with van der Waals surface area (Å²) in [5, 5.41) is 13.1. The van der Waals surface area contributed by atoms with Crippen LogP contribution in [-0.4, -0.2) is 36.1 Å². The highest BCUT2D eigenvalue weighted by atomic mass is 35.5. The van der Waals surface area contributed by atoms with Crippen LogP contribution in [0.3, 0.4) is 0 Å². The average molecular weight is 356 g/mol. The van der Waals surface area contributed by atoms with Gasteiger partial charge in [0.2, 0.25) is 0 Å². The SMILES string of the molecule is N#Cc1cc(Cl)ccc1N1CCN(c2ncnc3sccc23)CC1. The van der Waals surface area contributed by atoms with Gasteiger partial charge in [0.25, 0.3) is 0 Å². The van der Waals surface area contributed by atoms with Crippen LogP contribution in [0.4, 0.5) is 11.5 Å². The molecule has 0 bridgehead atoms. The summed E-state index contributed by atoms with van der Waals surface area (Å²) in [5.74, 6) is 0.998. The zero-order valence-corrected chi connectivity index (χ0v) is 14.4. The monoisotopic (exact) mass is 355 g/mol. The molecule has 5 nitrogen and oxygen atoms in total. The van der Waals surface area contributed by atoms with E-state index in [0.717, 1.165) is 47.9 Å². The first-order valence-corrected chi connectivity index (χ1v) is 8.90. The molecule has 0 spiro atoms. The molecule has 0 radical (unpaired) electrons. The number of aromatic nitrogens is 2. The molecule has 1 aliphatic heterocycles. The molecule has 3 aromatic rings. The Balaban J connectivity index is 1.55. The summed E-state index contributed by atoms with van der Waals surface area (Å²) in [6.45, 7) is 3.39. The number of benzene rings is 1. The van der Waals surface area contributed by atoms with Crippen molar-refractivity contribution in [2.24, 2.45) is 0 Å². The largest absolute Gasteiger partial charge is 0.367 e. The number of thiophene rings is 1. The Morgan fingerprint density at radius 2 is 1.88 bits per heavy atom. The highest BCUT2D eigenvalue weighted by Crippen LogP contribution is 2.29. The third-order valence-electron chi connectivity index (χ3n) is 4.24. The van der Waals surface area contributed by atoms with E-state index in [2.05, 4.69) is 31.9 Å². The van der Waals surface area contributed by atoms with E-state index in [0.29, 0.717) is 10.6 Å². The minimum atomic E-state index is 0.592. The number of halogens is 1. The molecule has 0 atom stereocenters. The van der Waals surface area contributed by atoms with Crippen LogP contribution in [0.15, 0.2) is 36.0 Å². The molecule has 1 aliphatic rings. The second-order valence-corrected chi connectivity index (χ2v) is 6.92. The quantitative estimate of drug-likeness (QED) is 0.703. The highest BCUT2D eigenvalue weighted by molar-refractivity contribution is 7.16. The molecular weight excluding hydrogens is 342 g/mol. The van der Waals surface area contributed by atoms with Gasteiger partial charge in [-0.1, -0.05) is 11.6 Å². The fourth-order valence-electron chi connectivity index (χ4n) is 3.06. The van der Waals surface area contributed by atoms with Gasteiger partial charge in [0, 0.05) is 31.2 Å². The number of anilines is 2. The molecule has 1 saturated heterocycles. The van der Waals surface area contributed by atoms with Crippen LogP contribution in [0.2, 0.25) is 5.02 Å². The van der Waals surface area contributed by atoms with Gasteiger partial charge in [-0.3, -0.25) is 0 Å². The number of nitriles is 1. The van der Waals surface area contributed by atoms with E-state index in [4.69, 9.17) is 11.6 Å². The van der Waals surface area contributed by atoms with Crippen molar-refractivity contribution < 1.29 is 0 Å². The van der Waals surface area contributed by atoms with Gasteiger partial charge in [-0.25, -0.2) is 9.97 Å². The average Bonchev–Trinajstić information content (AvgIpc) is 3.10. The summed E-state index contributed by atoms with van der Waals surface area (Å²) >= 11 is 7.62. The maximum absolute atomic E-state index is 9.34. The Bertz CT molecular complexity index is 924. The minimum Gasteiger partial charge on any atom is -0.367 e. The zero-order valence-electron chi connectivity index (χ0n) is 12.8. The lowest BCUT2D eigenvalue weighted by molar-refractivity contribution is 0.648. The maximum atomic E-state index is 9.34. The van der Waals surface area contributed by atoms with Crippen LogP contribution >= 0.6 is 22.9 Å². The summed E-state index contributed by atoms with van der Waals surface area (Å²) in [5.41, 5.74) is 1.57. The normalized spacial score (nSPS) is 14.8. The summed E-state index contributed by atoms with van der Waals surface area (Å²) < 4.78 is 0. The number of hydrogen-bond acceptors (Lipinski definition) is 6. The molecule has 0 N–H and O–H groups in total. The number of rotatable bonds is 2. The van der Waals surface area contributed by atoms with Crippen molar-refractivity contribution in [1.29, 1.82) is 5.26 Å². The molecule has 0 aliphatic carbocycles. The lowest BCUT2D eigenvalue weighted by Gasteiger charge is -2.37. The molecule has 2 aromatic heterocycles. The molecule has 120 valence electrons. The van der Waals surface area contributed by atoms with Gasteiger partial charge in [0.1, 0.15) is 23.0 Å². The van der Waals surface area contributed by atoms with Gasteiger partial charge in [-0.2, -0.15) is 5.26 Å². The number of piperazine rings is 1. The third-order valence-corrected chi connectivity index (χ3v) is 5.30. The van der Waals surface area contributed by atoms with Gasteiger partial charge >= 0.3 is 0 Å². The van der Waals surface area contributed by atoms with Crippen LogP contribution in [0.5, 0.6) is 0 Å². The Morgan fingerprint density at radius 3 is 2.67 bits per heavy atom. The van der Waals surface area contributed by atoms with E-state index in [9.17, 15) is 5.26 Å². The first-order valence-electron chi connectivity index (χ1n) is 7.64. The molecule has 3 heterocycles. The topological polar surface area (TPSA) is 56.1 Å². The zero-order chi connectivity index (χ0) is 16.5. The summed E-state index contributed by atoms with van der Waals surface area (Å²) in [6.07, 6.45) is 1.63. The Morgan fingerprint density at radius 1 is 1.08 bits per heavy atom. The van der Waals surface area contributed by atoms with E-state index in [1.807, 2.05) is 17.5 Å². The highest BCUT2D eigenvalue weighted by Gasteiger charge is 2.22. The number of nitrogens with zero attached hydrogens (tertiary/aromatic N) is 5. The maximum Gasteiger partial charge on any atom is 0.140 e. The van der Waals surface area contributed by atoms with Crippen molar-refractivity contribution in [3.63, 3.8) is 0 Å². The van der Waals surface area contributed by atoms with E-state index in [-0.39, 0.29) is 0 Å². The van der Waals surface area contributed by atoms with Gasteiger partial charge < -0.3 is 9.80 Å². The van der Waals surface area contributed by atoms with Crippen LogP contribution in [0.1, 0.15) is 5.56 Å². The number of hydrogen-bond donors (Lipinski definition) is 0. The van der Waals surface area contributed by atoms with Crippen molar-refractivity contribution in [1.82, 2.24) is 9.97 Å². The lowest BCUT2D eigenvalue weighted by atomic mass is 10.1. The van der Waals surface area contributed by atoms with Crippen molar-refractivity contribution in [2.45, 2.75) is 0 Å². The summed E-state index contributed by atoms with van der Waals surface area (Å²) in [6, 6.07) is 9.81. The summed E-state index contributed by atoms with van der Waals surface area (Å²) in [4.78, 5) is 14.3. The summed E-state index contributed by atoms with van der Waals surface area (Å²) in [7, 11) is 0. The third kappa shape index (κ3) is 2.66. The van der Waals surface area contributed by atoms with Crippen molar-refractivity contribution in [2.75, 3.05) is 36.0 Å². The first kappa shape index (κ1) is 15.2. The molecular formula is C17H14ClN5S. The Hall–Kier alpha value is -2.36. The minimum absolute atomic E-state index is 0.592. The second kappa shape index (κ2) is 6.27. The lowest BCUT2D eigenvalue weighted by Crippen LogP contribution is -2.47. The number of fused-ring (bicyclic) bond motifs is 1. The van der Waals surface area contributed by atoms with Crippen LogP contribution in [-0.2, 0) is 0 Å². The van der Waals surface area contributed by atoms with E-state index in [1.54, 1.807) is 23.7 Å². The molecule has 0 amide bonds. The molecule has 1 aromatic carbocycles. The van der Waals surface area contributed by atoms with Gasteiger partial charge in [-0.15, -0.1) is 11.3 Å². The predicted molar refractivity (Wildman–Crippen MR) is 98.0 cm³/mol. The molecule has 7 heteroatoms.